The SMILES string of the molecule is COc1cccc(OC)c1Oc1ncncc1Br. The van der Waals surface area contributed by atoms with Crippen LogP contribution in [0.25, 0.3) is 0 Å². The number of aromatic nitrogens is 2. The number of halogens is 1. The largest absolute Gasteiger partial charge is 0.493 e. The third-order valence-electron chi connectivity index (χ3n) is 2.22. The zero-order chi connectivity index (χ0) is 13.0. The molecule has 1 aromatic heterocycles. The topological polar surface area (TPSA) is 53.5 Å². The molecule has 2 rings (SSSR count). The molecule has 1 aromatic carbocycles. The molecule has 18 heavy (non-hydrogen) atoms. The first kappa shape index (κ1) is 12.6. The third kappa shape index (κ3) is 2.53. The van der Waals surface area contributed by atoms with E-state index in [0.29, 0.717) is 27.6 Å². The van der Waals surface area contributed by atoms with Crippen molar-refractivity contribution in [3.8, 4) is 23.1 Å². The molecule has 0 aliphatic heterocycles. The highest BCUT2D eigenvalue weighted by molar-refractivity contribution is 9.10. The number of methoxy groups -OCH3 is 2. The van der Waals surface area contributed by atoms with Crippen LogP contribution in [0.5, 0.6) is 23.1 Å². The van der Waals surface area contributed by atoms with Crippen LogP contribution in [0.1, 0.15) is 0 Å². The van der Waals surface area contributed by atoms with Crippen molar-refractivity contribution in [3.63, 3.8) is 0 Å². The molecule has 0 bridgehead atoms. The maximum absolute atomic E-state index is 5.71. The minimum atomic E-state index is 0.396. The average Bonchev–Trinajstić information content (AvgIpc) is 2.41. The highest BCUT2D eigenvalue weighted by Crippen LogP contribution is 2.40. The van der Waals surface area contributed by atoms with Gasteiger partial charge >= 0.3 is 0 Å². The first-order chi connectivity index (χ1) is 8.76. The van der Waals surface area contributed by atoms with Gasteiger partial charge in [-0.25, -0.2) is 9.97 Å². The monoisotopic (exact) mass is 310 g/mol. The van der Waals surface area contributed by atoms with Crippen LogP contribution in [0, 0.1) is 0 Å². The number of ether oxygens (including phenoxy) is 3. The van der Waals surface area contributed by atoms with Gasteiger partial charge in [-0.05, 0) is 28.1 Å². The molecule has 0 saturated heterocycles. The molecule has 5 nitrogen and oxygen atoms in total. The van der Waals surface area contributed by atoms with E-state index in [1.807, 2.05) is 6.07 Å². The highest BCUT2D eigenvalue weighted by atomic mass is 79.9. The van der Waals surface area contributed by atoms with Gasteiger partial charge in [0.2, 0.25) is 11.6 Å². The Morgan fingerprint density at radius 3 is 2.33 bits per heavy atom. The van der Waals surface area contributed by atoms with Gasteiger partial charge in [0, 0.05) is 6.20 Å². The summed E-state index contributed by atoms with van der Waals surface area (Å²) in [5.41, 5.74) is 0. The molecule has 0 unspecified atom stereocenters. The Bertz CT molecular complexity index is 526. The van der Waals surface area contributed by atoms with Crippen LogP contribution >= 0.6 is 15.9 Å². The summed E-state index contributed by atoms with van der Waals surface area (Å²) in [6, 6.07) is 5.39. The summed E-state index contributed by atoms with van der Waals surface area (Å²) in [4.78, 5) is 7.90. The Labute approximate surface area is 113 Å². The van der Waals surface area contributed by atoms with Gasteiger partial charge in [-0.15, -0.1) is 0 Å². The van der Waals surface area contributed by atoms with E-state index in [4.69, 9.17) is 14.2 Å². The highest BCUT2D eigenvalue weighted by Gasteiger charge is 2.14. The zero-order valence-corrected chi connectivity index (χ0v) is 11.5. The van der Waals surface area contributed by atoms with Crippen molar-refractivity contribution in [3.05, 3.63) is 35.2 Å². The van der Waals surface area contributed by atoms with E-state index in [0.717, 1.165) is 0 Å². The standard InChI is InChI=1S/C12H11BrN2O3/c1-16-9-4-3-5-10(17-2)11(9)18-12-8(13)6-14-7-15-12/h3-7H,1-2H3. The first-order valence-electron chi connectivity index (χ1n) is 5.10. The van der Waals surface area contributed by atoms with Crippen LogP contribution in [-0.4, -0.2) is 24.2 Å². The molecule has 0 atom stereocenters. The smallest absolute Gasteiger partial charge is 0.237 e. The predicted octanol–water partition coefficient (Wildman–Crippen LogP) is 3.05. The maximum atomic E-state index is 5.71. The van der Waals surface area contributed by atoms with E-state index in [1.165, 1.54) is 6.33 Å². The molecule has 1 heterocycles. The quantitative estimate of drug-likeness (QED) is 0.868. The first-order valence-corrected chi connectivity index (χ1v) is 5.90. The Hall–Kier alpha value is -1.82. The van der Waals surface area contributed by atoms with E-state index < -0.39 is 0 Å². The lowest BCUT2D eigenvalue weighted by Crippen LogP contribution is -1.96. The minimum absolute atomic E-state index is 0.396. The molecular formula is C12H11BrN2O3. The molecule has 0 radical (unpaired) electrons. The fourth-order valence-electron chi connectivity index (χ4n) is 1.39. The molecule has 0 aliphatic rings. The van der Waals surface area contributed by atoms with Gasteiger partial charge in [0.25, 0.3) is 0 Å². The van der Waals surface area contributed by atoms with Crippen LogP contribution in [0.15, 0.2) is 35.2 Å². The maximum Gasteiger partial charge on any atom is 0.237 e. The van der Waals surface area contributed by atoms with E-state index in [2.05, 4.69) is 25.9 Å². The molecular weight excluding hydrogens is 300 g/mol. The number of nitrogens with zero attached hydrogens (tertiary/aromatic N) is 2. The fourth-order valence-corrected chi connectivity index (χ4v) is 1.69. The van der Waals surface area contributed by atoms with E-state index in [-0.39, 0.29) is 0 Å². The average molecular weight is 311 g/mol. The molecule has 94 valence electrons. The number of hydrogen-bond donors (Lipinski definition) is 0. The van der Waals surface area contributed by atoms with Crippen LogP contribution in [0.3, 0.4) is 0 Å². The van der Waals surface area contributed by atoms with Crippen LogP contribution in [0.4, 0.5) is 0 Å². The number of benzene rings is 1. The van der Waals surface area contributed by atoms with Gasteiger partial charge in [-0.2, -0.15) is 0 Å². The Balaban J connectivity index is 2.42. The number of rotatable bonds is 4. The van der Waals surface area contributed by atoms with Crippen LogP contribution < -0.4 is 14.2 Å². The Morgan fingerprint density at radius 1 is 1.11 bits per heavy atom. The van der Waals surface area contributed by atoms with Crippen molar-refractivity contribution >= 4 is 15.9 Å². The summed E-state index contributed by atoms with van der Waals surface area (Å²) in [5, 5.41) is 0. The van der Waals surface area contributed by atoms with Gasteiger partial charge in [-0.1, -0.05) is 6.07 Å². The zero-order valence-electron chi connectivity index (χ0n) is 9.88. The predicted molar refractivity (Wildman–Crippen MR) is 69.4 cm³/mol. The third-order valence-corrected chi connectivity index (χ3v) is 2.76. The number of para-hydroxylation sites is 1. The van der Waals surface area contributed by atoms with Gasteiger partial charge in [0.15, 0.2) is 11.5 Å². The molecule has 0 N–H and O–H groups in total. The van der Waals surface area contributed by atoms with Crippen molar-refractivity contribution in [2.75, 3.05) is 14.2 Å². The summed E-state index contributed by atoms with van der Waals surface area (Å²) in [7, 11) is 3.13. The summed E-state index contributed by atoms with van der Waals surface area (Å²) >= 11 is 3.32. The Morgan fingerprint density at radius 2 is 1.78 bits per heavy atom. The lowest BCUT2D eigenvalue weighted by Gasteiger charge is -2.13. The second-order valence-corrected chi connectivity index (χ2v) is 4.12. The van der Waals surface area contributed by atoms with E-state index in [9.17, 15) is 0 Å². The molecule has 2 aromatic rings. The van der Waals surface area contributed by atoms with Crippen LogP contribution in [-0.2, 0) is 0 Å². The lowest BCUT2D eigenvalue weighted by atomic mass is 10.3. The Kier molecular flexibility index (Phi) is 3.99. The van der Waals surface area contributed by atoms with Crippen molar-refractivity contribution in [1.82, 2.24) is 9.97 Å². The summed E-state index contributed by atoms with van der Waals surface area (Å²) in [6.07, 6.45) is 3.01. The normalized spacial score (nSPS) is 9.94. The van der Waals surface area contributed by atoms with Crippen molar-refractivity contribution in [2.24, 2.45) is 0 Å². The minimum Gasteiger partial charge on any atom is -0.493 e. The number of hydrogen-bond acceptors (Lipinski definition) is 5. The van der Waals surface area contributed by atoms with Gasteiger partial charge in [-0.3, -0.25) is 0 Å². The summed E-state index contributed by atoms with van der Waals surface area (Å²) in [5.74, 6) is 2.01. The van der Waals surface area contributed by atoms with Gasteiger partial charge in [0.05, 0.1) is 18.7 Å². The lowest BCUT2D eigenvalue weighted by molar-refractivity contribution is 0.341. The summed E-state index contributed by atoms with van der Waals surface area (Å²) < 4.78 is 16.8. The molecule has 0 amide bonds. The second kappa shape index (κ2) is 5.68. The molecule has 0 saturated carbocycles. The van der Waals surface area contributed by atoms with Crippen molar-refractivity contribution < 1.29 is 14.2 Å². The van der Waals surface area contributed by atoms with Gasteiger partial charge in [0.1, 0.15) is 6.33 Å². The van der Waals surface area contributed by atoms with E-state index >= 15 is 0 Å². The van der Waals surface area contributed by atoms with E-state index in [1.54, 1.807) is 32.5 Å². The molecule has 0 fully saturated rings. The van der Waals surface area contributed by atoms with Crippen LogP contribution in [0.2, 0.25) is 0 Å². The molecule has 0 spiro atoms. The van der Waals surface area contributed by atoms with Gasteiger partial charge < -0.3 is 14.2 Å². The van der Waals surface area contributed by atoms with Crippen molar-refractivity contribution in [1.29, 1.82) is 0 Å². The molecule has 6 heteroatoms. The van der Waals surface area contributed by atoms with Crippen molar-refractivity contribution in [2.45, 2.75) is 0 Å². The summed E-state index contributed by atoms with van der Waals surface area (Å²) in [6.45, 7) is 0. The second-order valence-electron chi connectivity index (χ2n) is 3.27. The fraction of sp³-hybridized carbons (Fsp3) is 0.167. The molecule has 0 aliphatic carbocycles.